The van der Waals surface area contributed by atoms with Crippen LogP contribution in [0.2, 0.25) is 0 Å². The van der Waals surface area contributed by atoms with Gasteiger partial charge in [-0.1, -0.05) is 12.1 Å². The van der Waals surface area contributed by atoms with Crippen molar-refractivity contribution in [3.63, 3.8) is 0 Å². The van der Waals surface area contributed by atoms with Gasteiger partial charge in [-0.05, 0) is 35.9 Å². The molecule has 1 aromatic carbocycles. The summed E-state index contributed by atoms with van der Waals surface area (Å²) >= 11 is 0. The van der Waals surface area contributed by atoms with Gasteiger partial charge in [-0.2, -0.15) is 5.10 Å². The third kappa shape index (κ3) is 3.72. The van der Waals surface area contributed by atoms with E-state index in [9.17, 15) is 18.3 Å². The van der Waals surface area contributed by atoms with Gasteiger partial charge in [0.1, 0.15) is 0 Å². The molecule has 4 rings (SSSR count). The molecule has 0 spiro atoms. The molecule has 0 radical (unpaired) electrons. The molecule has 0 atom stereocenters. The number of benzene rings is 1. The van der Waals surface area contributed by atoms with Gasteiger partial charge in [0.05, 0.1) is 34.3 Å². The standard InChI is InChI=1S/C20H16N4O4S/c1-29(27,28)15-4-2-14(3-5-15)18-10-16(20(25)26)17-11-22-24(19(17)23-18)12-13-6-8-21-9-7-13/h2-11H,12H2,1H3,(H,25,26). The summed E-state index contributed by atoms with van der Waals surface area (Å²) in [6.07, 6.45) is 5.97. The molecule has 9 heteroatoms. The zero-order chi connectivity index (χ0) is 20.6. The van der Waals surface area contributed by atoms with Crippen LogP contribution in [0.25, 0.3) is 22.3 Å². The Morgan fingerprint density at radius 2 is 1.79 bits per heavy atom. The molecule has 1 N–H and O–H groups in total. The van der Waals surface area contributed by atoms with Crippen LogP contribution in [0.4, 0.5) is 0 Å². The Morgan fingerprint density at radius 3 is 2.41 bits per heavy atom. The van der Waals surface area contributed by atoms with Crippen LogP contribution in [-0.4, -0.2) is 45.5 Å². The summed E-state index contributed by atoms with van der Waals surface area (Å²) < 4.78 is 25.0. The summed E-state index contributed by atoms with van der Waals surface area (Å²) in [5.41, 5.74) is 2.50. The topological polar surface area (TPSA) is 115 Å². The van der Waals surface area contributed by atoms with Crippen molar-refractivity contribution in [3.8, 4) is 11.3 Å². The van der Waals surface area contributed by atoms with Crippen molar-refractivity contribution < 1.29 is 18.3 Å². The second kappa shape index (κ2) is 7.10. The van der Waals surface area contributed by atoms with Crippen molar-refractivity contribution in [3.05, 3.63) is 72.2 Å². The summed E-state index contributed by atoms with van der Waals surface area (Å²) in [5.74, 6) is -1.09. The SMILES string of the molecule is CS(=O)(=O)c1ccc(-c2cc(C(=O)O)c3cnn(Cc4ccncc4)c3n2)cc1. The van der Waals surface area contributed by atoms with Crippen molar-refractivity contribution in [1.29, 1.82) is 0 Å². The maximum Gasteiger partial charge on any atom is 0.336 e. The molecule has 0 aliphatic heterocycles. The van der Waals surface area contributed by atoms with Crippen molar-refractivity contribution in [2.24, 2.45) is 0 Å². The number of sulfone groups is 1. The molecular weight excluding hydrogens is 392 g/mol. The molecule has 0 saturated heterocycles. The molecule has 146 valence electrons. The zero-order valence-corrected chi connectivity index (χ0v) is 16.2. The molecule has 0 saturated carbocycles. The number of rotatable bonds is 5. The highest BCUT2D eigenvalue weighted by atomic mass is 32.2. The molecule has 3 heterocycles. The van der Waals surface area contributed by atoms with E-state index >= 15 is 0 Å². The lowest BCUT2D eigenvalue weighted by Gasteiger charge is -2.08. The highest BCUT2D eigenvalue weighted by Gasteiger charge is 2.17. The molecule has 0 amide bonds. The predicted molar refractivity (Wildman–Crippen MR) is 106 cm³/mol. The minimum atomic E-state index is -3.32. The van der Waals surface area contributed by atoms with Crippen LogP contribution in [0, 0.1) is 0 Å². The first-order valence-electron chi connectivity index (χ1n) is 8.62. The van der Waals surface area contributed by atoms with E-state index in [1.165, 1.54) is 24.4 Å². The Hall–Kier alpha value is -3.59. The number of carbonyl (C=O) groups is 1. The maximum absolute atomic E-state index is 11.8. The van der Waals surface area contributed by atoms with Crippen LogP contribution in [0.5, 0.6) is 0 Å². The van der Waals surface area contributed by atoms with E-state index in [-0.39, 0.29) is 10.5 Å². The van der Waals surface area contributed by atoms with Gasteiger partial charge in [0.15, 0.2) is 15.5 Å². The second-order valence-electron chi connectivity index (χ2n) is 6.55. The van der Waals surface area contributed by atoms with Crippen LogP contribution in [0.3, 0.4) is 0 Å². The van der Waals surface area contributed by atoms with E-state index in [0.29, 0.717) is 28.8 Å². The van der Waals surface area contributed by atoms with E-state index in [1.807, 2.05) is 12.1 Å². The molecule has 4 aromatic rings. The Bertz CT molecular complexity index is 1310. The fourth-order valence-corrected chi connectivity index (χ4v) is 3.65. The lowest BCUT2D eigenvalue weighted by molar-refractivity contribution is 0.0699. The quantitative estimate of drug-likeness (QED) is 0.540. The van der Waals surface area contributed by atoms with Gasteiger partial charge in [0.25, 0.3) is 0 Å². The Labute approximate surface area is 166 Å². The third-order valence-electron chi connectivity index (χ3n) is 4.50. The van der Waals surface area contributed by atoms with Crippen LogP contribution in [-0.2, 0) is 16.4 Å². The fourth-order valence-electron chi connectivity index (χ4n) is 3.02. The lowest BCUT2D eigenvalue weighted by Crippen LogP contribution is -2.05. The third-order valence-corrected chi connectivity index (χ3v) is 5.63. The smallest absolute Gasteiger partial charge is 0.336 e. The fraction of sp³-hybridized carbons (Fsp3) is 0.100. The van der Waals surface area contributed by atoms with Crippen molar-refractivity contribution in [2.75, 3.05) is 6.26 Å². The van der Waals surface area contributed by atoms with Gasteiger partial charge in [-0.15, -0.1) is 0 Å². The average molecular weight is 408 g/mol. The number of nitrogens with zero attached hydrogens (tertiary/aromatic N) is 4. The Morgan fingerprint density at radius 1 is 1.10 bits per heavy atom. The highest BCUT2D eigenvalue weighted by molar-refractivity contribution is 7.90. The zero-order valence-electron chi connectivity index (χ0n) is 15.3. The van der Waals surface area contributed by atoms with Crippen molar-refractivity contribution >= 4 is 26.8 Å². The van der Waals surface area contributed by atoms with Crippen LogP contribution in [0.1, 0.15) is 15.9 Å². The van der Waals surface area contributed by atoms with Gasteiger partial charge >= 0.3 is 5.97 Å². The maximum atomic E-state index is 11.8. The van der Waals surface area contributed by atoms with E-state index in [0.717, 1.165) is 11.8 Å². The second-order valence-corrected chi connectivity index (χ2v) is 8.57. The summed E-state index contributed by atoms with van der Waals surface area (Å²) in [7, 11) is -3.32. The molecule has 0 unspecified atom stereocenters. The molecule has 0 aliphatic carbocycles. The predicted octanol–water partition coefficient (Wildman–Crippen LogP) is 2.64. The van der Waals surface area contributed by atoms with E-state index in [1.54, 1.807) is 29.2 Å². The molecule has 29 heavy (non-hydrogen) atoms. The lowest BCUT2D eigenvalue weighted by atomic mass is 10.1. The van der Waals surface area contributed by atoms with Gasteiger partial charge in [0.2, 0.25) is 0 Å². The normalized spacial score (nSPS) is 11.6. The van der Waals surface area contributed by atoms with Gasteiger partial charge in [-0.25, -0.2) is 22.9 Å². The van der Waals surface area contributed by atoms with Crippen LogP contribution >= 0.6 is 0 Å². The molecule has 3 aromatic heterocycles. The van der Waals surface area contributed by atoms with E-state index < -0.39 is 15.8 Å². The molecule has 8 nitrogen and oxygen atoms in total. The summed E-state index contributed by atoms with van der Waals surface area (Å²) in [4.78, 5) is 20.6. The highest BCUT2D eigenvalue weighted by Crippen LogP contribution is 2.26. The number of aromatic nitrogens is 4. The van der Waals surface area contributed by atoms with Gasteiger partial charge < -0.3 is 5.11 Å². The van der Waals surface area contributed by atoms with Crippen LogP contribution < -0.4 is 0 Å². The minimum absolute atomic E-state index is 0.0816. The number of hydrogen-bond acceptors (Lipinski definition) is 6. The van der Waals surface area contributed by atoms with E-state index in [4.69, 9.17) is 0 Å². The average Bonchev–Trinajstić information content (AvgIpc) is 3.10. The number of carboxylic acids is 1. The van der Waals surface area contributed by atoms with Gasteiger partial charge in [0, 0.05) is 24.2 Å². The van der Waals surface area contributed by atoms with Crippen LogP contribution in [0.15, 0.2) is 66.0 Å². The Balaban J connectivity index is 1.84. The first kappa shape index (κ1) is 18.8. The number of pyridine rings is 2. The largest absolute Gasteiger partial charge is 0.478 e. The Kier molecular flexibility index (Phi) is 4.59. The van der Waals surface area contributed by atoms with Gasteiger partial charge in [-0.3, -0.25) is 4.98 Å². The van der Waals surface area contributed by atoms with Crippen molar-refractivity contribution in [2.45, 2.75) is 11.4 Å². The summed E-state index contributed by atoms with van der Waals surface area (Å²) in [6.45, 7) is 0.411. The van der Waals surface area contributed by atoms with Crippen molar-refractivity contribution in [1.82, 2.24) is 19.7 Å². The van der Waals surface area contributed by atoms with E-state index in [2.05, 4.69) is 15.1 Å². The molecular formula is C20H16N4O4S. The molecule has 0 fully saturated rings. The monoisotopic (exact) mass is 408 g/mol. The first-order valence-corrected chi connectivity index (χ1v) is 10.5. The number of carboxylic acid groups (broad SMARTS) is 1. The molecule has 0 bridgehead atoms. The summed E-state index contributed by atoms with van der Waals surface area (Å²) in [6, 6.07) is 11.3. The molecule has 0 aliphatic rings. The number of aromatic carboxylic acids is 1. The first-order chi connectivity index (χ1) is 13.8. The summed E-state index contributed by atoms with van der Waals surface area (Å²) in [5, 5.41) is 14.4. The number of hydrogen-bond donors (Lipinski definition) is 1. The minimum Gasteiger partial charge on any atom is -0.478 e. The number of fused-ring (bicyclic) bond motifs is 1.